The van der Waals surface area contributed by atoms with Crippen LogP contribution in [0.5, 0.6) is 0 Å². The van der Waals surface area contributed by atoms with Gasteiger partial charge in [0.2, 0.25) is 0 Å². The molecular formula is C11H14N4O5. The van der Waals surface area contributed by atoms with Crippen molar-refractivity contribution < 1.29 is 20.1 Å². The van der Waals surface area contributed by atoms with Gasteiger partial charge in [0.15, 0.2) is 11.7 Å². The number of aliphatic hydroxyl groups is 3. The standard InChI is InChI=1S/C11H14N4O5/c12-6-1-4-7(10(19)14-6)13-3-15(4)11-9(18)8(17)5(2-16)20-11/h1,3,5,8-9,11,16-18H,2H2,(H3,12,14,19)/t5-,8+,9+,11-/m1/s1. The van der Waals surface area contributed by atoms with Crippen LogP contribution in [0, 0.1) is 0 Å². The normalized spacial score (nSPS) is 30.1. The van der Waals surface area contributed by atoms with Crippen molar-refractivity contribution in [1.29, 1.82) is 0 Å². The summed E-state index contributed by atoms with van der Waals surface area (Å²) in [5, 5.41) is 28.8. The predicted octanol–water partition coefficient (Wildman–Crippen LogP) is -2.08. The number of ether oxygens (including phenoxy) is 1. The fourth-order valence-electron chi connectivity index (χ4n) is 2.37. The van der Waals surface area contributed by atoms with Crippen molar-refractivity contribution in [2.24, 2.45) is 0 Å². The third-order valence-corrected chi connectivity index (χ3v) is 3.39. The first-order valence-corrected chi connectivity index (χ1v) is 6.00. The van der Waals surface area contributed by atoms with E-state index in [-0.39, 0.29) is 11.3 Å². The average molecular weight is 282 g/mol. The molecule has 0 spiro atoms. The largest absolute Gasteiger partial charge is 0.394 e. The molecule has 0 aromatic carbocycles. The van der Waals surface area contributed by atoms with Gasteiger partial charge in [0.1, 0.15) is 24.1 Å². The lowest BCUT2D eigenvalue weighted by Crippen LogP contribution is -2.33. The minimum absolute atomic E-state index is 0.149. The van der Waals surface area contributed by atoms with Crippen molar-refractivity contribution in [1.82, 2.24) is 14.5 Å². The second kappa shape index (κ2) is 4.56. The molecule has 2 aromatic rings. The van der Waals surface area contributed by atoms with E-state index in [4.69, 9.17) is 15.6 Å². The molecule has 3 rings (SSSR count). The monoisotopic (exact) mass is 282 g/mol. The highest BCUT2D eigenvalue weighted by Gasteiger charge is 2.43. The van der Waals surface area contributed by atoms with Crippen molar-refractivity contribution >= 4 is 16.9 Å². The number of aromatic nitrogens is 3. The first kappa shape index (κ1) is 13.1. The summed E-state index contributed by atoms with van der Waals surface area (Å²) in [6.07, 6.45) is -2.99. The van der Waals surface area contributed by atoms with Crippen molar-refractivity contribution in [2.75, 3.05) is 12.3 Å². The van der Waals surface area contributed by atoms with Crippen molar-refractivity contribution in [3.63, 3.8) is 0 Å². The zero-order valence-electron chi connectivity index (χ0n) is 10.3. The maximum absolute atomic E-state index is 11.7. The molecule has 9 heteroatoms. The van der Waals surface area contributed by atoms with Gasteiger partial charge in [-0.25, -0.2) is 4.98 Å². The van der Waals surface area contributed by atoms with Crippen molar-refractivity contribution in [3.8, 4) is 0 Å². The molecule has 0 amide bonds. The van der Waals surface area contributed by atoms with Crippen LogP contribution in [-0.2, 0) is 4.74 Å². The molecular weight excluding hydrogens is 268 g/mol. The maximum Gasteiger partial charge on any atom is 0.277 e. The second-order valence-corrected chi connectivity index (χ2v) is 4.67. The number of nitrogens with zero attached hydrogens (tertiary/aromatic N) is 2. The number of nitrogens with one attached hydrogen (secondary N) is 1. The summed E-state index contributed by atoms with van der Waals surface area (Å²) < 4.78 is 6.79. The third-order valence-electron chi connectivity index (χ3n) is 3.39. The van der Waals surface area contributed by atoms with Crippen LogP contribution in [0.4, 0.5) is 5.82 Å². The SMILES string of the molecule is Nc1cc2c(ncn2[C@@H]2O[C@H](CO)[C@H](O)[C@@H]2O)c(=O)[nH]1. The molecule has 3 heterocycles. The molecule has 4 atom stereocenters. The Labute approximate surface area is 112 Å². The van der Waals surface area contributed by atoms with Crippen molar-refractivity contribution in [2.45, 2.75) is 24.5 Å². The lowest BCUT2D eigenvalue weighted by Gasteiger charge is -2.17. The van der Waals surface area contributed by atoms with E-state index >= 15 is 0 Å². The highest BCUT2D eigenvalue weighted by Crippen LogP contribution is 2.31. The summed E-state index contributed by atoms with van der Waals surface area (Å²) in [5.74, 6) is 0.149. The number of hydrogen-bond donors (Lipinski definition) is 5. The summed E-state index contributed by atoms with van der Waals surface area (Å²) >= 11 is 0. The summed E-state index contributed by atoms with van der Waals surface area (Å²) in [4.78, 5) is 18.0. The third kappa shape index (κ3) is 1.79. The lowest BCUT2D eigenvalue weighted by atomic mass is 10.1. The molecule has 0 unspecified atom stereocenters. The van der Waals surface area contributed by atoms with E-state index in [0.717, 1.165) is 0 Å². The summed E-state index contributed by atoms with van der Waals surface area (Å²) in [6, 6.07) is 1.48. The highest BCUT2D eigenvalue weighted by molar-refractivity contribution is 5.76. The topological polar surface area (TPSA) is 147 Å². The van der Waals surface area contributed by atoms with E-state index in [0.29, 0.717) is 5.52 Å². The second-order valence-electron chi connectivity index (χ2n) is 4.67. The number of fused-ring (bicyclic) bond motifs is 1. The zero-order valence-corrected chi connectivity index (χ0v) is 10.3. The Morgan fingerprint density at radius 1 is 1.45 bits per heavy atom. The Balaban J connectivity index is 2.09. The van der Waals surface area contributed by atoms with E-state index in [1.807, 2.05) is 0 Å². The maximum atomic E-state index is 11.7. The van der Waals surface area contributed by atoms with Gasteiger partial charge in [-0.2, -0.15) is 0 Å². The molecule has 1 saturated heterocycles. The van der Waals surface area contributed by atoms with Gasteiger partial charge in [0.05, 0.1) is 18.5 Å². The van der Waals surface area contributed by atoms with Gasteiger partial charge in [0, 0.05) is 6.07 Å². The summed E-state index contributed by atoms with van der Waals surface area (Å²) in [5.41, 5.74) is 5.65. The number of imidazole rings is 1. The van der Waals surface area contributed by atoms with Crippen LogP contribution in [0.1, 0.15) is 6.23 Å². The number of rotatable bonds is 2. The number of hydrogen-bond acceptors (Lipinski definition) is 7. The van der Waals surface area contributed by atoms with Crippen LogP contribution in [0.25, 0.3) is 11.0 Å². The van der Waals surface area contributed by atoms with Gasteiger partial charge in [0.25, 0.3) is 5.56 Å². The molecule has 20 heavy (non-hydrogen) atoms. The first-order valence-electron chi connectivity index (χ1n) is 6.00. The molecule has 1 fully saturated rings. The molecule has 108 valence electrons. The van der Waals surface area contributed by atoms with Crippen molar-refractivity contribution in [3.05, 3.63) is 22.7 Å². The Hall–Kier alpha value is -1.94. The molecule has 0 aliphatic carbocycles. The van der Waals surface area contributed by atoms with E-state index in [2.05, 4.69) is 9.97 Å². The first-order chi connectivity index (χ1) is 9.52. The highest BCUT2D eigenvalue weighted by atomic mass is 16.6. The van der Waals surface area contributed by atoms with E-state index in [1.54, 1.807) is 0 Å². The Kier molecular flexibility index (Phi) is 2.98. The molecule has 1 aliphatic heterocycles. The molecule has 0 radical (unpaired) electrons. The molecule has 2 aromatic heterocycles. The predicted molar refractivity (Wildman–Crippen MR) is 67.8 cm³/mol. The van der Waals surface area contributed by atoms with Gasteiger partial charge < -0.3 is 35.3 Å². The molecule has 0 saturated carbocycles. The number of aliphatic hydroxyl groups excluding tert-OH is 3. The minimum Gasteiger partial charge on any atom is -0.394 e. The summed E-state index contributed by atoms with van der Waals surface area (Å²) in [7, 11) is 0. The molecule has 1 aliphatic rings. The van der Waals surface area contributed by atoms with Gasteiger partial charge >= 0.3 is 0 Å². The van der Waals surface area contributed by atoms with Gasteiger partial charge in [-0.1, -0.05) is 0 Å². The Morgan fingerprint density at radius 3 is 2.85 bits per heavy atom. The summed E-state index contributed by atoms with van der Waals surface area (Å²) in [6.45, 7) is -0.427. The zero-order chi connectivity index (χ0) is 14.4. The lowest BCUT2D eigenvalue weighted by molar-refractivity contribution is -0.0508. The average Bonchev–Trinajstić information content (AvgIpc) is 2.93. The van der Waals surface area contributed by atoms with Crippen LogP contribution >= 0.6 is 0 Å². The fourth-order valence-corrected chi connectivity index (χ4v) is 2.37. The van der Waals surface area contributed by atoms with Crippen LogP contribution < -0.4 is 11.3 Å². The van der Waals surface area contributed by atoms with Crippen LogP contribution in [0.15, 0.2) is 17.2 Å². The van der Waals surface area contributed by atoms with E-state index in [1.165, 1.54) is 17.0 Å². The van der Waals surface area contributed by atoms with Crippen LogP contribution in [-0.4, -0.2) is 54.8 Å². The smallest absolute Gasteiger partial charge is 0.277 e. The number of pyridine rings is 1. The number of nitrogens with two attached hydrogens (primary N) is 1. The molecule has 9 nitrogen and oxygen atoms in total. The number of anilines is 1. The van der Waals surface area contributed by atoms with E-state index in [9.17, 15) is 15.0 Å². The number of H-pyrrole nitrogens is 1. The number of aromatic amines is 1. The Bertz CT molecular complexity index is 696. The number of nitrogen functional groups attached to an aromatic ring is 1. The van der Waals surface area contributed by atoms with Gasteiger partial charge in [-0.15, -0.1) is 0 Å². The minimum atomic E-state index is -1.25. The molecule has 6 N–H and O–H groups in total. The van der Waals surface area contributed by atoms with Gasteiger partial charge in [-0.3, -0.25) is 4.79 Å². The fraction of sp³-hybridized carbons (Fsp3) is 0.455. The van der Waals surface area contributed by atoms with Crippen LogP contribution in [0.3, 0.4) is 0 Å². The quantitative estimate of drug-likeness (QED) is 0.424. The van der Waals surface area contributed by atoms with Gasteiger partial charge in [-0.05, 0) is 0 Å². The van der Waals surface area contributed by atoms with E-state index < -0.39 is 36.7 Å². The van der Waals surface area contributed by atoms with Crippen LogP contribution in [0.2, 0.25) is 0 Å². The Morgan fingerprint density at radius 2 is 2.20 bits per heavy atom. The molecule has 0 bridgehead atoms.